The second-order valence-corrected chi connectivity index (χ2v) is 7.50. The molecule has 1 N–H and O–H groups in total. The van der Waals surface area contributed by atoms with Gasteiger partial charge in [0.05, 0.1) is 6.20 Å². The molecule has 0 spiro atoms. The lowest BCUT2D eigenvalue weighted by Gasteiger charge is -2.41. The van der Waals surface area contributed by atoms with E-state index in [9.17, 15) is 4.79 Å². The third kappa shape index (κ3) is 3.10. The lowest BCUT2D eigenvalue weighted by molar-refractivity contribution is 0.0548. The van der Waals surface area contributed by atoms with Gasteiger partial charge in [-0.15, -0.1) is 0 Å². The molecule has 0 saturated carbocycles. The Hall–Kier alpha value is -2.73. The fraction of sp³-hybridized carbons (Fsp3) is 0.381. The van der Waals surface area contributed by atoms with E-state index in [0.717, 1.165) is 44.4 Å². The van der Waals surface area contributed by atoms with E-state index in [1.807, 2.05) is 11.0 Å². The van der Waals surface area contributed by atoms with Crippen molar-refractivity contribution in [2.24, 2.45) is 0 Å². The van der Waals surface area contributed by atoms with Gasteiger partial charge in [0, 0.05) is 37.6 Å². The van der Waals surface area contributed by atoms with Gasteiger partial charge in [-0.25, -0.2) is 4.98 Å². The Morgan fingerprint density at radius 2 is 1.85 bits per heavy atom. The Kier molecular flexibility index (Phi) is 4.13. The van der Waals surface area contributed by atoms with Gasteiger partial charge in [-0.05, 0) is 42.5 Å². The predicted octanol–water partition coefficient (Wildman–Crippen LogP) is 2.27. The topological polar surface area (TPSA) is 65.1 Å². The first-order valence-corrected chi connectivity index (χ1v) is 9.68. The number of pyridine rings is 1. The molecule has 1 aromatic carbocycles. The number of nitrogens with zero attached hydrogens (tertiary/aromatic N) is 4. The van der Waals surface area contributed by atoms with Crippen molar-refractivity contribution in [3.63, 3.8) is 0 Å². The summed E-state index contributed by atoms with van der Waals surface area (Å²) in [5.74, 6) is 0.0140. The highest BCUT2D eigenvalue weighted by Crippen LogP contribution is 2.25. The number of aromatic amines is 1. The molecule has 5 rings (SSSR count). The number of aromatic nitrogens is 3. The van der Waals surface area contributed by atoms with Crippen LogP contribution in [-0.4, -0.2) is 63.1 Å². The predicted molar refractivity (Wildman–Crippen MR) is 104 cm³/mol. The number of carbonyl (C=O) groups excluding carboxylic acids is 1. The van der Waals surface area contributed by atoms with Gasteiger partial charge in [0.15, 0.2) is 5.65 Å². The van der Waals surface area contributed by atoms with Crippen LogP contribution in [0.1, 0.15) is 28.0 Å². The standard InChI is InChI=1S/C21H23N5O/c27-21(19-8-6-17-14-22-24-20(17)23-19)26-11-9-25(10-12-26)18-7-5-15-3-1-2-4-16(15)13-18/h1-4,6,8,14,18H,5,7,9-13H2,(H,22,23,24). The third-order valence-electron chi connectivity index (χ3n) is 5.96. The lowest BCUT2D eigenvalue weighted by atomic mass is 9.87. The van der Waals surface area contributed by atoms with Gasteiger partial charge >= 0.3 is 0 Å². The molecule has 0 bridgehead atoms. The number of fused-ring (bicyclic) bond motifs is 2. The van der Waals surface area contributed by atoms with Crippen LogP contribution in [0.15, 0.2) is 42.6 Å². The Labute approximate surface area is 158 Å². The summed E-state index contributed by atoms with van der Waals surface area (Å²) in [5, 5.41) is 7.73. The van der Waals surface area contributed by atoms with Gasteiger partial charge in [0.1, 0.15) is 5.69 Å². The van der Waals surface area contributed by atoms with Crippen molar-refractivity contribution >= 4 is 16.9 Å². The second-order valence-electron chi connectivity index (χ2n) is 7.50. The van der Waals surface area contributed by atoms with Crippen LogP contribution in [0.25, 0.3) is 11.0 Å². The normalized spacial score (nSPS) is 20.6. The minimum atomic E-state index is 0.0140. The van der Waals surface area contributed by atoms with Crippen molar-refractivity contribution in [1.82, 2.24) is 25.0 Å². The van der Waals surface area contributed by atoms with Crippen molar-refractivity contribution in [2.75, 3.05) is 26.2 Å². The van der Waals surface area contributed by atoms with Crippen LogP contribution in [0.5, 0.6) is 0 Å². The average Bonchev–Trinajstić information content (AvgIpc) is 3.21. The van der Waals surface area contributed by atoms with Crippen LogP contribution < -0.4 is 0 Å². The minimum absolute atomic E-state index is 0.0140. The number of nitrogens with one attached hydrogen (secondary N) is 1. The van der Waals surface area contributed by atoms with Gasteiger partial charge < -0.3 is 4.90 Å². The number of aryl methyl sites for hydroxylation is 1. The van der Waals surface area contributed by atoms with E-state index in [4.69, 9.17) is 0 Å². The summed E-state index contributed by atoms with van der Waals surface area (Å²) in [6.07, 6.45) is 5.22. The van der Waals surface area contributed by atoms with E-state index in [-0.39, 0.29) is 5.91 Å². The first kappa shape index (κ1) is 16.4. The zero-order valence-corrected chi connectivity index (χ0v) is 15.3. The van der Waals surface area contributed by atoms with Gasteiger partial charge in [-0.1, -0.05) is 24.3 Å². The van der Waals surface area contributed by atoms with Gasteiger partial charge in [-0.3, -0.25) is 14.8 Å². The fourth-order valence-electron chi connectivity index (χ4n) is 4.39. The van der Waals surface area contributed by atoms with Crippen LogP contribution in [-0.2, 0) is 12.8 Å². The Bertz CT molecular complexity index is 973. The first-order valence-electron chi connectivity index (χ1n) is 9.68. The molecule has 6 heteroatoms. The Balaban J connectivity index is 1.23. The zero-order chi connectivity index (χ0) is 18.2. The number of H-pyrrole nitrogens is 1. The molecule has 3 aromatic rings. The maximum atomic E-state index is 12.8. The highest BCUT2D eigenvalue weighted by Gasteiger charge is 2.29. The summed E-state index contributed by atoms with van der Waals surface area (Å²) < 4.78 is 0. The molecule has 1 aliphatic heterocycles. The summed E-state index contributed by atoms with van der Waals surface area (Å²) in [6, 6.07) is 13.1. The van der Waals surface area contributed by atoms with Crippen molar-refractivity contribution in [3.8, 4) is 0 Å². The SMILES string of the molecule is O=C(c1ccc2cn[nH]c2n1)N1CCN(C2CCc3ccccc3C2)CC1. The van der Waals surface area contributed by atoms with Crippen LogP contribution in [0.3, 0.4) is 0 Å². The zero-order valence-electron chi connectivity index (χ0n) is 15.3. The average molecular weight is 361 g/mol. The molecule has 0 radical (unpaired) electrons. The minimum Gasteiger partial charge on any atom is -0.335 e. The van der Waals surface area contributed by atoms with E-state index in [2.05, 4.69) is 44.3 Å². The molecule has 6 nitrogen and oxygen atoms in total. The summed E-state index contributed by atoms with van der Waals surface area (Å²) >= 11 is 0. The van der Waals surface area contributed by atoms with Crippen molar-refractivity contribution in [2.45, 2.75) is 25.3 Å². The summed E-state index contributed by atoms with van der Waals surface area (Å²) in [7, 11) is 0. The number of benzene rings is 1. The fourth-order valence-corrected chi connectivity index (χ4v) is 4.39. The number of hydrogen-bond acceptors (Lipinski definition) is 4. The highest BCUT2D eigenvalue weighted by atomic mass is 16.2. The van der Waals surface area contributed by atoms with Gasteiger partial charge in [-0.2, -0.15) is 5.10 Å². The highest BCUT2D eigenvalue weighted by molar-refractivity contribution is 5.94. The Morgan fingerprint density at radius 3 is 2.70 bits per heavy atom. The second kappa shape index (κ2) is 6.78. The molecule has 1 saturated heterocycles. The number of amides is 1. The largest absolute Gasteiger partial charge is 0.335 e. The number of carbonyl (C=O) groups is 1. The van der Waals surface area contributed by atoms with E-state index >= 15 is 0 Å². The molecule has 1 fully saturated rings. The van der Waals surface area contributed by atoms with E-state index in [1.165, 1.54) is 17.5 Å². The Morgan fingerprint density at radius 1 is 1.04 bits per heavy atom. The molecular weight excluding hydrogens is 338 g/mol. The van der Waals surface area contributed by atoms with Crippen molar-refractivity contribution in [1.29, 1.82) is 0 Å². The summed E-state index contributed by atoms with van der Waals surface area (Å²) in [4.78, 5) is 21.7. The monoisotopic (exact) mass is 361 g/mol. The molecular formula is C21H23N5O. The van der Waals surface area contributed by atoms with Crippen LogP contribution in [0.4, 0.5) is 0 Å². The van der Waals surface area contributed by atoms with Gasteiger partial charge in [0.2, 0.25) is 0 Å². The quantitative estimate of drug-likeness (QED) is 0.760. The molecule has 1 amide bonds. The molecule has 2 aliphatic rings. The third-order valence-corrected chi connectivity index (χ3v) is 5.96. The molecule has 1 aliphatic carbocycles. The first-order chi connectivity index (χ1) is 13.3. The van der Waals surface area contributed by atoms with Crippen LogP contribution in [0.2, 0.25) is 0 Å². The van der Waals surface area contributed by atoms with Crippen LogP contribution in [0, 0.1) is 0 Å². The van der Waals surface area contributed by atoms with E-state index < -0.39 is 0 Å². The lowest BCUT2D eigenvalue weighted by Crippen LogP contribution is -2.53. The van der Waals surface area contributed by atoms with Crippen LogP contribution >= 0.6 is 0 Å². The van der Waals surface area contributed by atoms with E-state index in [0.29, 0.717) is 17.4 Å². The number of hydrogen-bond donors (Lipinski definition) is 1. The number of rotatable bonds is 2. The molecule has 1 atom stereocenters. The number of piperazine rings is 1. The summed E-state index contributed by atoms with van der Waals surface area (Å²) in [6.45, 7) is 3.40. The summed E-state index contributed by atoms with van der Waals surface area (Å²) in [5.41, 5.74) is 4.15. The smallest absolute Gasteiger partial charge is 0.272 e. The van der Waals surface area contributed by atoms with E-state index in [1.54, 1.807) is 12.3 Å². The van der Waals surface area contributed by atoms with Crippen molar-refractivity contribution < 1.29 is 4.79 Å². The van der Waals surface area contributed by atoms with Gasteiger partial charge in [0.25, 0.3) is 5.91 Å². The molecule has 138 valence electrons. The maximum absolute atomic E-state index is 12.8. The maximum Gasteiger partial charge on any atom is 0.272 e. The molecule has 1 unspecified atom stereocenters. The molecule has 3 heterocycles. The molecule has 2 aromatic heterocycles. The molecule has 27 heavy (non-hydrogen) atoms. The van der Waals surface area contributed by atoms with Crippen molar-refractivity contribution in [3.05, 3.63) is 59.4 Å².